The third-order valence-corrected chi connectivity index (χ3v) is 3.91. The first-order valence-electron chi connectivity index (χ1n) is 7.57. The van der Waals surface area contributed by atoms with E-state index < -0.39 is 12.0 Å². The Hall–Kier alpha value is -2.99. The Balaban J connectivity index is 1.80. The van der Waals surface area contributed by atoms with Crippen LogP contribution in [0.25, 0.3) is 10.8 Å². The maximum Gasteiger partial charge on any atom is 0.272 e. The van der Waals surface area contributed by atoms with Gasteiger partial charge in [-0.2, -0.15) is 5.10 Å². The number of carbonyl (C=O) groups is 1. The molecule has 2 aromatic carbocycles. The van der Waals surface area contributed by atoms with Crippen molar-refractivity contribution in [2.75, 3.05) is 6.54 Å². The first-order chi connectivity index (χ1) is 11.6. The van der Waals surface area contributed by atoms with Gasteiger partial charge in [0, 0.05) is 11.9 Å². The van der Waals surface area contributed by atoms with Crippen LogP contribution >= 0.6 is 0 Å². The van der Waals surface area contributed by atoms with Crippen LogP contribution in [0.1, 0.15) is 27.7 Å². The summed E-state index contributed by atoms with van der Waals surface area (Å²) in [4.78, 5) is 24.1. The quantitative estimate of drug-likeness (QED) is 0.681. The van der Waals surface area contributed by atoms with Crippen molar-refractivity contribution in [3.63, 3.8) is 0 Å². The fourth-order valence-corrected chi connectivity index (χ4v) is 2.63. The Morgan fingerprint density at radius 2 is 1.83 bits per heavy atom. The molecule has 3 rings (SSSR count). The van der Waals surface area contributed by atoms with E-state index in [1.807, 2.05) is 31.2 Å². The minimum atomic E-state index is -0.816. The summed E-state index contributed by atoms with van der Waals surface area (Å²) < 4.78 is 0. The van der Waals surface area contributed by atoms with Crippen molar-refractivity contribution in [2.24, 2.45) is 0 Å². The first-order valence-corrected chi connectivity index (χ1v) is 7.57. The average Bonchev–Trinajstić information content (AvgIpc) is 2.60. The molecule has 1 unspecified atom stereocenters. The van der Waals surface area contributed by atoms with E-state index in [9.17, 15) is 14.7 Å². The Kier molecular flexibility index (Phi) is 4.39. The molecule has 1 atom stereocenters. The summed E-state index contributed by atoms with van der Waals surface area (Å²) in [6.45, 7) is 1.95. The zero-order chi connectivity index (χ0) is 17.1. The molecule has 6 nitrogen and oxygen atoms in total. The van der Waals surface area contributed by atoms with Gasteiger partial charge in [-0.25, -0.2) is 5.10 Å². The third-order valence-electron chi connectivity index (χ3n) is 3.91. The van der Waals surface area contributed by atoms with Gasteiger partial charge in [0.05, 0.1) is 11.5 Å². The summed E-state index contributed by atoms with van der Waals surface area (Å²) >= 11 is 0. The van der Waals surface area contributed by atoms with E-state index in [0.717, 1.165) is 11.1 Å². The number of aryl methyl sites for hydroxylation is 1. The molecule has 122 valence electrons. The maximum absolute atomic E-state index is 12.4. The number of hydrogen-bond donors (Lipinski definition) is 3. The number of benzene rings is 2. The number of aromatic amines is 1. The van der Waals surface area contributed by atoms with Crippen LogP contribution in [0.4, 0.5) is 0 Å². The van der Waals surface area contributed by atoms with Crippen molar-refractivity contribution >= 4 is 16.7 Å². The fraction of sp³-hybridized carbons (Fsp3) is 0.167. The van der Waals surface area contributed by atoms with Crippen LogP contribution in [0.15, 0.2) is 53.3 Å². The molecule has 3 aromatic rings. The van der Waals surface area contributed by atoms with Gasteiger partial charge in [-0.1, -0.05) is 42.5 Å². The van der Waals surface area contributed by atoms with E-state index in [4.69, 9.17) is 0 Å². The highest BCUT2D eigenvalue weighted by Gasteiger charge is 2.16. The molecule has 0 aliphatic rings. The maximum atomic E-state index is 12.4. The smallest absolute Gasteiger partial charge is 0.272 e. The minimum Gasteiger partial charge on any atom is -0.387 e. The lowest BCUT2D eigenvalue weighted by molar-refractivity contribution is 0.0912. The van der Waals surface area contributed by atoms with Crippen LogP contribution in [0.5, 0.6) is 0 Å². The monoisotopic (exact) mass is 323 g/mol. The van der Waals surface area contributed by atoms with Crippen molar-refractivity contribution in [3.8, 4) is 0 Å². The summed E-state index contributed by atoms with van der Waals surface area (Å²) in [5.74, 6) is -0.449. The fourth-order valence-electron chi connectivity index (χ4n) is 2.63. The van der Waals surface area contributed by atoms with Gasteiger partial charge in [0.1, 0.15) is 0 Å². The van der Waals surface area contributed by atoms with Gasteiger partial charge in [0.2, 0.25) is 0 Å². The summed E-state index contributed by atoms with van der Waals surface area (Å²) in [5, 5.41) is 20.0. The molecule has 1 heterocycles. The molecule has 0 saturated heterocycles. The number of rotatable bonds is 4. The lowest BCUT2D eigenvalue weighted by Crippen LogP contribution is -2.30. The predicted octanol–water partition coefficient (Wildman–Crippen LogP) is 1.69. The zero-order valence-electron chi connectivity index (χ0n) is 13.1. The molecule has 0 fully saturated rings. The van der Waals surface area contributed by atoms with Crippen molar-refractivity contribution in [1.82, 2.24) is 15.5 Å². The van der Waals surface area contributed by atoms with Crippen molar-refractivity contribution in [2.45, 2.75) is 13.0 Å². The normalized spacial score (nSPS) is 12.1. The highest BCUT2D eigenvalue weighted by Crippen LogP contribution is 2.17. The van der Waals surface area contributed by atoms with Crippen LogP contribution in [-0.2, 0) is 0 Å². The molecule has 1 amide bonds. The summed E-state index contributed by atoms with van der Waals surface area (Å²) in [5.41, 5.74) is 1.49. The number of nitrogens with zero attached hydrogens (tertiary/aromatic N) is 1. The minimum absolute atomic E-state index is 0.0544. The van der Waals surface area contributed by atoms with Gasteiger partial charge in [-0.15, -0.1) is 0 Å². The van der Waals surface area contributed by atoms with E-state index in [1.54, 1.807) is 24.3 Å². The van der Waals surface area contributed by atoms with Crippen molar-refractivity contribution < 1.29 is 9.90 Å². The van der Waals surface area contributed by atoms with Crippen LogP contribution in [-0.4, -0.2) is 27.8 Å². The SMILES string of the molecule is Cc1ccccc1C(O)CNC(=O)c1n[nH]c(=O)c2ccccc12. The summed E-state index contributed by atoms with van der Waals surface area (Å²) in [7, 11) is 0. The molecule has 0 aliphatic carbocycles. The van der Waals surface area contributed by atoms with E-state index in [1.165, 1.54) is 0 Å². The van der Waals surface area contributed by atoms with Gasteiger partial charge in [-0.05, 0) is 24.1 Å². The number of amides is 1. The second kappa shape index (κ2) is 6.64. The van der Waals surface area contributed by atoms with Crippen LogP contribution in [0.2, 0.25) is 0 Å². The van der Waals surface area contributed by atoms with Gasteiger partial charge >= 0.3 is 0 Å². The van der Waals surface area contributed by atoms with Crippen LogP contribution in [0.3, 0.4) is 0 Å². The number of H-pyrrole nitrogens is 1. The predicted molar refractivity (Wildman–Crippen MR) is 90.8 cm³/mol. The standard InChI is InChI=1S/C18H17N3O3/c1-11-6-2-3-7-12(11)15(22)10-19-18(24)16-13-8-4-5-9-14(13)17(23)21-20-16/h2-9,15,22H,10H2,1H3,(H,19,24)(H,21,23). The molecule has 0 radical (unpaired) electrons. The highest BCUT2D eigenvalue weighted by atomic mass is 16.3. The molecule has 3 N–H and O–H groups in total. The number of aliphatic hydroxyl groups is 1. The van der Waals surface area contributed by atoms with Gasteiger partial charge in [0.15, 0.2) is 5.69 Å². The molecule has 0 saturated carbocycles. The van der Waals surface area contributed by atoms with Gasteiger partial charge in [0.25, 0.3) is 11.5 Å². The Labute approximate surface area is 138 Å². The second-order valence-corrected chi connectivity index (χ2v) is 5.53. The highest BCUT2D eigenvalue weighted by molar-refractivity contribution is 6.04. The lowest BCUT2D eigenvalue weighted by Gasteiger charge is -2.14. The Morgan fingerprint density at radius 3 is 2.58 bits per heavy atom. The Bertz CT molecular complexity index is 949. The van der Waals surface area contributed by atoms with Gasteiger partial charge < -0.3 is 10.4 Å². The molecule has 0 bridgehead atoms. The molecule has 0 spiro atoms. The number of carbonyl (C=O) groups excluding carboxylic acids is 1. The van der Waals surface area contributed by atoms with Crippen molar-refractivity contribution in [1.29, 1.82) is 0 Å². The first kappa shape index (κ1) is 15.9. The largest absolute Gasteiger partial charge is 0.387 e. The average molecular weight is 323 g/mol. The number of nitrogens with one attached hydrogen (secondary N) is 2. The summed E-state index contributed by atoms with van der Waals surface area (Å²) in [6, 6.07) is 14.2. The van der Waals surface area contributed by atoms with E-state index in [-0.39, 0.29) is 17.8 Å². The van der Waals surface area contributed by atoms with Gasteiger partial charge in [-0.3, -0.25) is 9.59 Å². The van der Waals surface area contributed by atoms with E-state index >= 15 is 0 Å². The Morgan fingerprint density at radius 1 is 1.17 bits per heavy atom. The summed E-state index contributed by atoms with van der Waals surface area (Å²) in [6.07, 6.45) is -0.816. The third kappa shape index (κ3) is 3.04. The molecular weight excluding hydrogens is 306 g/mol. The zero-order valence-corrected chi connectivity index (χ0v) is 13.1. The molecular formula is C18H17N3O3. The van der Waals surface area contributed by atoms with E-state index in [2.05, 4.69) is 15.5 Å². The van der Waals surface area contributed by atoms with Crippen LogP contribution < -0.4 is 10.9 Å². The van der Waals surface area contributed by atoms with Crippen LogP contribution in [0, 0.1) is 6.92 Å². The number of fused-ring (bicyclic) bond motifs is 1. The lowest BCUT2D eigenvalue weighted by atomic mass is 10.0. The molecule has 6 heteroatoms. The number of aromatic nitrogens is 2. The topological polar surface area (TPSA) is 95.1 Å². The number of hydrogen-bond acceptors (Lipinski definition) is 4. The van der Waals surface area contributed by atoms with Crippen molar-refractivity contribution in [3.05, 3.63) is 75.7 Å². The number of aliphatic hydroxyl groups excluding tert-OH is 1. The second-order valence-electron chi connectivity index (χ2n) is 5.53. The molecule has 1 aromatic heterocycles. The molecule has 24 heavy (non-hydrogen) atoms. The molecule has 0 aliphatic heterocycles. The van der Waals surface area contributed by atoms with E-state index in [0.29, 0.717) is 10.8 Å².